The van der Waals surface area contributed by atoms with Crippen molar-refractivity contribution in [1.29, 1.82) is 0 Å². The predicted molar refractivity (Wildman–Crippen MR) is 84.5 cm³/mol. The average Bonchev–Trinajstić information content (AvgIpc) is 3.13. The molecule has 0 aliphatic carbocycles. The maximum Gasteiger partial charge on any atom is 0.234 e. The lowest BCUT2D eigenvalue weighted by molar-refractivity contribution is 0.171. The van der Waals surface area contributed by atoms with Crippen molar-refractivity contribution >= 4 is 16.3 Å². The maximum atomic E-state index is 5.63. The first kappa shape index (κ1) is 14.4. The lowest BCUT2D eigenvalue weighted by Gasteiger charge is -2.18. The molecule has 3 heterocycles. The number of hydrogen-bond acceptors (Lipinski definition) is 7. The average molecular weight is 332 g/mol. The number of fused-ring (bicyclic) bond motifs is 2. The monoisotopic (exact) mass is 332 g/mol. The Hall–Kier alpha value is -2.19. The first-order valence-electron chi connectivity index (χ1n) is 7.41. The third-order valence-corrected chi connectivity index (χ3v) is 4.49. The van der Waals surface area contributed by atoms with E-state index in [2.05, 4.69) is 15.3 Å². The summed E-state index contributed by atoms with van der Waals surface area (Å²) in [4.78, 5) is 0.809. The summed E-state index contributed by atoms with van der Waals surface area (Å²) in [7, 11) is 1.67. The molecule has 8 heteroatoms. The van der Waals surface area contributed by atoms with Crippen LogP contribution in [0.3, 0.4) is 0 Å². The van der Waals surface area contributed by atoms with Gasteiger partial charge in [0, 0.05) is 20.0 Å². The SMILES string of the molecule is COCCc1nnc2sc(Cc3ccc4c(c3)OCCO4)nn12. The van der Waals surface area contributed by atoms with Crippen LogP contribution < -0.4 is 9.47 Å². The van der Waals surface area contributed by atoms with Gasteiger partial charge in [-0.1, -0.05) is 17.4 Å². The number of aromatic nitrogens is 4. The third kappa shape index (κ3) is 2.87. The molecular formula is C15H16N4O3S. The van der Waals surface area contributed by atoms with Gasteiger partial charge < -0.3 is 14.2 Å². The summed E-state index contributed by atoms with van der Waals surface area (Å²) >= 11 is 1.55. The molecule has 0 bridgehead atoms. The molecular weight excluding hydrogens is 316 g/mol. The van der Waals surface area contributed by atoms with Crippen molar-refractivity contribution in [3.63, 3.8) is 0 Å². The number of methoxy groups -OCH3 is 1. The van der Waals surface area contributed by atoms with Crippen LogP contribution in [0.5, 0.6) is 11.5 Å². The zero-order valence-corrected chi connectivity index (χ0v) is 13.5. The molecule has 3 aromatic rings. The van der Waals surface area contributed by atoms with E-state index in [9.17, 15) is 0 Å². The van der Waals surface area contributed by atoms with Crippen LogP contribution in [-0.2, 0) is 17.6 Å². The smallest absolute Gasteiger partial charge is 0.234 e. The Morgan fingerprint density at radius 3 is 2.96 bits per heavy atom. The summed E-state index contributed by atoms with van der Waals surface area (Å²) in [5, 5.41) is 13.9. The van der Waals surface area contributed by atoms with Gasteiger partial charge in [0.15, 0.2) is 17.3 Å². The summed E-state index contributed by atoms with van der Waals surface area (Å²) in [5.74, 6) is 2.43. The third-order valence-electron chi connectivity index (χ3n) is 3.59. The van der Waals surface area contributed by atoms with Crippen LogP contribution in [0.15, 0.2) is 18.2 Å². The van der Waals surface area contributed by atoms with E-state index in [1.54, 1.807) is 23.0 Å². The Morgan fingerprint density at radius 1 is 1.22 bits per heavy atom. The molecule has 1 aliphatic rings. The predicted octanol–water partition coefficient (Wildman–Crippen LogP) is 1.74. The fourth-order valence-corrected chi connectivity index (χ4v) is 3.38. The van der Waals surface area contributed by atoms with Gasteiger partial charge in [0.2, 0.25) is 4.96 Å². The topological polar surface area (TPSA) is 70.8 Å². The van der Waals surface area contributed by atoms with Crippen molar-refractivity contribution in [2.75, 3.05) is 26.9 Å². The Balaban J connectivity index is 1.56. The Labute approximate surface area is 136 Å². The van der Waals surface area contributed by atoms with Crippen molar-refractivity contribution in [3.8, 4) is 11.5 Å². The molecule has 0 radical (unpaired) electrons. The van der Waals surface area contributed by atoms with Gasteiger partial charge in [-0.3, -0.25) is 0 Å². The van der Waals surface area contributed by atoms with E-state index in [1.165, 1.54) is 0 Å². The Kier molecular flexibility index (Phi) is 3.84. The van der Waals surface area contributed by atoms with Crippen molar-refractivity contribution in [2.45, 2.75) is 12.8 Å². The summed E-state index contributed by atoms with van der Waals surface area (Å²) in [6.07, 6.45) is 1.43. The zero-order valence-electron chi connectivity index (χ0n) is 12.7. The van der Waals surface area contributed by atoms with E-state index >= 15 is 0 Å². The minimum Gasteiger partial charge on any atom is -0.486 e. The minimum absolute atomic E-state index is 0.593. The Bertz CT molecular complexity index is 829. The second kappa shape index (κ2) is 6.13. The van der Waals surface area contributed by atoms with Crippen LogP contribution in [-0.4, -0.2) is 46.7 Å². The lowest BCUT2D eigenvalue weighted by atomic mass is 10.1. The zero-order chi connectivity index (χ0) is 15.6. The van der Waals surface area contributed by atoms with E-state index < -0.39 is 0 Å². The van der Waals surface area contributed by atoms with Crippen LogP contribution in [0.1, 0.15) is 16.4 Å². The lowest BCUT2D eigenvalue weighted by Crippen LogP contribution is -2.15. The molecule has 0 fully saturated rings. The highest BCUT2D eigenvalue weighted by Gasteiger charge is 2.15. The molecule has 0 saturated carbocycles. The summed E-state index contributed by atoms with van der Waals surface area (Å²) in [6.45, 7) is 1.80. The first-order chi connectivity index (χ1) is 11.3. The van der Waals surface area contributed by atoms with Crippen LogP contribution in [0.4, 0.5) is 0 Å². The molecule has 1 aromatic carbocycles. The standard InChI is InChI=1S/C15H16N4O3S/c1-20-5-4-13-16-17-15-19(13)18-14(23-15)9-10-2-3-11-12(8-10)22-7-6-21-11/h2-3,8H,4-7,9H2,1H3. The molecule has 120 valence electrons. The normalized spacial score (nSPS) is 13.6. The number of hydrogen-bond donors (Lipinski definition) is 0. The van der Waals surface area contributed by atoms with E-state index in [0.717, 1.165) is 39.3 Å². The van der Waals surface area contributed by atoms with Crippen LogP contribution in [0.2, 0.25) is 0 Å². The van der Waals surface area contributed by atoms with Gasteiger partial charge in [-0.2, -0.15) is 9.61 Å². The largest absolute Gasteiger partial charge is 0.486 e. The minimum atomic E-state index is 0.593. The summed E-state index contributed by atoms with van der Waals surface area (Å²) in [6, 6.07) is 6.01. The van der Waals surface area contributed by atoms with E-state index in [-0.39, 0.29) is 0 Å². The first-order valence-corrected chi connectivity index (χ1v) is 8.22. The Morgan fingerprint density at radius 2 is 2.09 bits per heavy atom. The molecule has 4 rings (SSSR count). The van der Waals surface area contributed by atoms with Crippen molar-refractivity contribution < 1.29 is 14.2 Å². The molecule has 0 unspecified atom stereocenters. The highest BCUT2D eigenvalue weighted by molar-refractivity contribution is 7.16. The number of ether oxygens (including phenoxy) is 3. The fraction of sp³-hybridized carbons (Fsp3) is 0.400. The summed E-state index contributed by atoms with van der Waals surface area (Å²) < 4.78 is 18.1. The van der Waals surface area contributed by atoms with Gasteiger partial charge in [0.25, 0.3) is 0 Å². The second-order valence-electron chi connectivity index (χ2n) is 5.20. The highest BCUT2D eigenvalue weighted by atomic mass is 32.1. The van der Waals surface area contributed by atoms with Gasteiger partial charge in [-0.25, -0.2) is 0 Å². The van der Waals surface area contributed by atoms with Gasteiger partial charge in [-0.05, 0) is 17.7 Å². The van der Waals surface area contributed by atoms with Gasteiger partial charge >= 0.3 is 0 Å². The number of rotatable bonds is 5. The van der Waals surface area contributed by atoms with Gasteiger partial charge in [-0.15, -0.1) is 10.2 Å². The quantitative estimate of drug-likeness (QED) is 0.709. The van der Waals surface area contributed by atoms with E-state index in [4.69, 9.17) is 14.2 Å². The van der Waals surface area contributed by atoms with Crippen LogP contribution in [0.25, 0.3) is 4.96 Å². The molecule has 0 atom stereocenters. The van der Waals surface area contributed by atoms with Crippen molar-refractivity contribution in [2.24, 2.45) is 0 Å². The molecule has 0 N–H and O–H groups in total. The number of nitrogens with zero attached hydrogens (tertiary/aromatic N) is 4. The van der Waals surface area contributed by atoms with Crippen molar-refractivity contribution in [3.05, 3.63) is 34.6 Å². The molecule has 0 spiro atoms. The summed E-state index contributed by atoms with van der Waals surface area (Å²) in [5.41, 5.74) is 1.14. The van der Waals surface area contributed by atoms with Crippen LogP contribution >= 0.6 is 11.3 Å². The maximum absolute atomic E-state index is 5.63. The molecule has 7 nitrogen and oxygen atoms in total. The number of benzene rings is 1. The van der Waals surface area contributed by atoms with E-state index in [0.29, 0.717) is 26.2 Å². The highest BCUT2D eigenvalue weighted by Crippen LogP contribution is 2.31. The molecule has 1 aliphatic heterocycles. The molecule has 23 heavy (non-hydrogen) atoms. The van der Waals surface area contributed by atoms with Gasteiger partial charge in [0.1, 0.15) is 18.2 Å². The second-order valence-corrected chi connectivity index (χ2v) is 6.24. The van der Waals surface area contributed by atoms with Gasteiger partial charge in [0.05, 0.1) is 6.61 Å². The van der Waals surface area contributed by atoms with Crippen molar-refractivity contribution in [1.82, 2.24) is 19.8 Å². The fourth-order valence-electron chi connectivity index (χ4n) is 2.49. The molecule has 2 aromatic heterocycles. The molecule has 0 saturated heterocycles. The van der Waals surface area contributed by atoms with Crippen LogP contribution in [0, 0.1) is 0 Å². The molecule has 0 amide bonds. The van der Waals surface area contributed by atoms with E-state index in [1.807, 2.05) is 18.2 Å².